The summed E-state index contributed by atoms with van der Waals surface area (Å²) in [6.45, 7) is 7.58. The van der Waals surface area contributed by atoms with E-state index in [0.717, 1.165) is 40.8 Å². The Morgan fingerprint density at radius 3 is 1.52 bits per heavy atom. The number of likely N-dealkylation sites (tertiary alicyclic amines) is 2. The van der Waals surface area contributed by atoms with Crippen LogP contribution < -0.4 is 10.6 Å². The third kappa shape index (κ3) is 9.25. The minimum atomic E-state index is -2.30. The van der Waals surface area contributed by atoms with E-state index in [1.807, 2.05) is 62.4 Å². The third-order valence-electron chi connectivity index (χ3n) is 12.4. The molecule has 3 aliphatic rings. The third-order valence-corrected chi connectivity index (χ3v) is 12.4. The van der Waals surface area contributed by atoms with Crippen molar-refractivity contribution in [3.63, 3.8) is 0 Å². The molecule has 16 nitrogen and oxygen atoms in total. The maximum Gasteiger partial charge on any atom is 0.407 e. The molecule has 1 unspecified atom stereocenters. The number of amides is 4. The highest BCUT2D eigenvalue weighted by Crippen LogP contribution is 2.54. The van der Waals surface area contributed by atoms with Crippen LogP contribution >= 0.6 is 0 Å². The molecule has 3 aliphatic heterocycles. The highest BCUT2D eigenvalue weighted by atomic mass is 16.7. The van der Waals surface area contributed by atoms with E-state index in [1.54, 1.807) is 31.1 Å². The lowest BCUT2D eigenvalue weighted by Crippen LogP contribution is -2.72. The Balaban J connectivity index is 1.08. The Hall–Kier alpha value is -5.35. The second-order valence-electron chi connectivity index (χ2n) is 17.7. The first-order valence-electron chi connectivity index (χ1n) is 21.4. The van der Waals surface area contributed by atoms with Crippen molar-refractivity contribution in [1.82, 2.24) is 40.4 Å². The quantitative estimate of drug-likeness (QED) is 0.163. The van der Waals surface area contributed by atoms with Crippen LogP contribution in [0.1, 0.15) is 70.7 Å². The summed E-state index contributed by atoms with van der Waals surface area (Å²) >= 11 is 0. The minimum Gasteiger partial charge on any atom is -0.453 e. The van der Waals surface area contributed by atoms with Gasteiger partial charge in [-0.05, 0) is 57.7 Å². The molecule has 0 aliphatic carbocycles. The van der Waals surface area contributed by atoms with Crippen molar-refractivity contribution >= 4 is 71.1 Å². The van der Waals surface area contributed by atoms with Crippen LogP contribution in [0.15, 0.2) is 60.9 Å². The average Bonchev–Trinajstić information content (AvgIpc) is 4.10. The molecular formula is C43H48B6N8O8. The summed E-state index contributed by atoms with van der Waals surface area (Å²) in [5.74, 6) is -1.92. The molecule has 326 valence electrons. The number of methoxy groups -OCH3 is 2. The van der Waals surface area contributed by atoms with Gasteiger partial charge in [0.25, 0.3) is 0 Å². The van der Waals surface area contributed by atoms with Crippen LogP contribution in [0.2, 0.25) is 5.21 Å². The van der Waals surface area contributed by atoms with E-state index < -0.39 is 58.0 Å². The predicted octanol–water partition coefficient (Wildman–Crippen LogP) is 3.01. The molecule has 3 fully saturated rings. The van der Waals surface area contributed by atoms with Crippen molar-refractivity contribution in [2.24, 2.45) is 11.8 Å². The number of benzene rings is 2. The fraction of sp³-hybridized carbons (Fsp3) is 0.488. The summed E-state index contributed by atoms with van der Waals surface area (Å²) in [6.07, 6.45) is 3.42. The van der Waals surface area contributed by atoms with E-state index in [-0.39, 0.29) is 36.8 Å². The molecule has 4 aromatic rings. The molecule has 4 amide bonds. The number of ether oxygens (including phenoxy) is 4. The van der Waals surface area contributed by atoms with Crippen LogP contribution in [0.5, 0.6) is 0 Å². The molecule has 5 heterocycles. The first kappa shape index (κ1) is 47.6. The van der Waals surface area contributed by atoms with Gasteiger partial charge in [0, 0.05) is 13.0 Å². The topological polar surface area (TPSA) is 193 Å². The molecule has 0 saturated carbocycles. The highest BCUT2D eigenvalue weighted by molar-refractivity contribution is 6.61. The van der Waals surface area contributed by atoms with Crippen LogP contribution in [0, 0.1) is 11.8 Å². The predicted molar refractivity (Wildman–Crippen MR) is 246 cm³/mol. The van der Waals surface area contributed by atoms with E-state index in [4.69, 9.17) is 66.0 Å². The molecule has 4 N–H and O–H groups in total. The number of nitrogens with zero attached hydrogens (tertiary/aromatic N) is 4. The molecule has 2 aromatic heterocycles. The van der Waals surface area contributed by atoms with Crippen molar-refractivity contribution < 1.29 is 38.1 Å². The number of carbonyl (C=O) groups is 4. The van der Waals surface area contributed by atoms with Crippen LogP contribution in [0.25, 0.3) is 33.6 Å². The van der Waals surface area contributed by atoms with Crippen LogP contribution in [0.4, 0.5) is 9.59 Å². The molecule has 4 atom stereocenters. The number of alkyl carbamates (subject to hydrolysis) is 2. The van der Waals surface area contributed by atoms with Crippen LogP contribution in [0.3, 0.4) is 0 Å². The fourth-order valence-electron chi connectivity index (χ4n) is 8.63. The van der Waals surface area contributed by atoms with E-state index >= 15 is 0 Å². The number of carbonyl (C=O) groups excluding carboxylic acids is 4. The average molecular weight is 870 g/mol. The van der Waals surface area contributed by atoms with Gasteiger partial charge in [0.1, 0.15) is 23.7 Å². The summed E-state index contributed by atoms with van der Waals surface area (Å²) in [5.41, 5.74) is 5.11. The van der Waals surface area contributed by atoms with Gasteiger partial charge < -0.3 is 49.3 Å². The van der Waals surface area contributed by atoms with E-state index in [0.29, 0.717) is 23.9 Å². The lowest BCUT2D eigenvalue weighted by Gasteiger charge is -2.64. The zero-order valence-electron chi connectivity index (χ0n) is 37.3. The van der Waals surface area contributed by atoms with E-state index in [1.165, 1.54) is 19.1 Å². The van der Waals surface area contributed by atoms with E-state index in [2.05, 4.69) is 30.6 Å². The number of aromatic amines is 2. The molecule has 65 heavy (non-hydrogen) atoms. The monoisotopic (exact) mass is 870 g/mol. The normalized spacial score (nSPS) is 21.5. The Morgan fingerprint density at radius 2 is 1.09 bits per heavy atom. The molecule has 12 radical (unpaired) electrons. The Morgan fingerprint density at radius 1 is 0.677 bits per heavy atom. The lowest BCUT2D eigenvalue weighted by atomic mass is 9.24. The second-order valence-corrected chi connectivity index (χ2v) is 17.7. The number of imidazole rings is 2. The highest BCUT2D eigenvalue weighted by Gasteiger charge is 2.62. The van der Waals surface area contributed by atoms with Crippen molar-refractivity contribution in [2.75, 3.05) is 27.3 Å². The van der Waals surface area contributed by atoms with Crippen LogP contribution in [-0.4, -0.2) is 157 Å². The summed E-state index contributed by atoms with van der Waals surface area (Å²) in [4.78, 5) is 71.5. The first-order valence-corrected chi connectivity index (χ1v) is 21.4. The second kappa shape index (κ2) is 18.1. The molecule has 0 bridgehead atoms. The van der Waals surface area contributed by atoms with Crippen molar-refractivity contribution in [1.29, 1.82) is 0 Å². The number of hydrogen-bond donors (Lipinski definition) is 4. The minimum absolute atomic E-state index is 0.0977. The fourth-order valence-corrected chi connectivity index (χ4v) is 8.63. The Labute approximate surface area is 386 Å². The van der Waals surface area contributed by atoms with Crippen molar-refractivity contribution in [3.8, 4) is 33.6 Å². The maximum absolute atomic E-state index is 14.3. The summed E-state index contributed by atoms with van der Waals surface area (Å²) < 4.78 is 21.6. The van der Waals surface area contributed by atoms with Gasteiger partial charge in [-0.2, -0.15) is 0 Å². The molecule has 22 heteroatoms. The van der Waals surface area contributed by atoms with Gasteiger partial charge in [0.15, 0.2) is 5.79 Å². The number of rotatable bonds is 11. The van der Waals surface area contributed by atoms with Crippen molar-refractivity contribution in [3.05, 3.63) is 72.6 Å². The van der Waals surface area contributed by atoms with Gasteiger partial charge in [-0.1, -0.05) is 81.4 Å². The molecule has 2 aromatic carbocycles. The number of nitrogens with one attached hydrogen (secondary N) is 4. The van der Waals surface area contributed by atoms with Crippen molar-refractivity contribution in [2.45, 2.75) is 92.9 Å². The van der Waals surface area contributed by atoms with Gasteiger partial charge in [-0.15, -0.1) is 0 Å². The Kier molecular flexibility index (Phi) is 13.3. The molecule has 3 saturated heterocycles. The first-order chi connectivity index (χ1) is 30.6. The van der Waals surface area contributed by atoms with Gasteiger partial charge in [0.2, 0.25) is 11.8 Å². The lowest BCUT2D eigenvalue weighted by molar-refractivity contribution is -0.305. The zero-order valence-corrected chi connectivity index (χ0v) is 37.3. The smallest absolute Gasteiger partial charge is 0.407 e. The van der Waals surface area contributed by atoms with Gasteiger partial charge in [-0.25, -0.2) is 19.6 Å². The number of aromatic nitrogens is 4. The molecular weight excluding hydrogens is 821 g/mol. The molecule has 7 rings (SSSR count). The van der Waals surface area contributed by atoms with E-state index in [9.17, 15) is 19.2 Å². The van der Waals surface area contributed by atoms with Crippen LogP contribution in [-0.2, 0) is 28.5 Å². The van der Waals surface area contributed by atoms with Gasteiger partial charge in [-0.3, -0.25) is 9.59 Å². The number of H-pyrrole nitrogens is 2. The largest absolute Gasteiger partial charge is 0.453 e. The summed E-state index contributed by atoms with van der Waals surface area (Å²) in [5, 5.41) is -1.57. The Bertz CT molecular complexity index is 2370. The van der Waals surface area contributed by atoms with Gasteiger partial charge >= 0.3 is 12.2 Å². The summed E-state index contributed by atoms with van der Waals surface area (Å²) in [6, 6.07) is 13.0. The summed E-state index contributed by atoms with van der Waals surface area (Å²) in [7, 11) is 39.7. The SMILES string of the molecule is [B]C1([B])OC2(C[C@@H](c3ncc(-c4ccc(-c5ccc(-c6cnc([C@@H]7CCCN7C(=O)C(NC(=O)OC)C(C)C)[nH]6)cc5)cc4)[nH]3)N(C(=O)[C@@H](NC(=O)OC)C(C)C)C2)OC([B])([B])C1([B])[B]. The maximum atomic E-state index is 14.3. The number of hydrogen-bond acceptors (Lipinski definition) is 10. The van der Waals surface area contributed by atoms with Gasteiger partial charge in [0.05, 0.1) is 104 Å². The molecule has 1 spiro atoms. The standard InChI is InChI=1S/C43H48B6N8O8/c1-22(2)32(54-38(60)62-5)36(58)56-17-7-8-30(56)34-50-19-28(52-34)26-13-9-24(10-14-26)25-11-15-27(16-12-25)29-20-51-35(53-29)31-18-40(64-42(46,47)41(44,45)43(48,49)65-40)21-57(31)37(59)33(23(3)4)55-39(61)63-6/h9-16,19-20,22-23,30-33H,7-8,17-18,21H2,1-6H3,(H,50,52)(H,51,53)(H,54,60)(H,55,61)/t30-,31-,32?,33-/m0/s1. The zero-order chi connectivity index (χ0) is 47.2.